The molecule has 2 aromatic rings. The van der Waals surface area contributed by atoms with Crippen LogP contribution >= 0.6 is 23.2 Å². The summed E-state index contributed by atoms with van der Waals surface area (Å²) >= 11 is 11.9. The van der Waals surface area contributed by atoms with Crippen LogP contribution in [0.3, 0.4) is 0 Å². The fraction of sp³-hybridized carbons (Fsp3) is 0.250. The Morgan fingerprint density at radius 3 is 2.59 bits per heavy atom. The van der Waals surface area contributed by atoms with Crippen LogP contribution < -0.4 is 5.32 Å². The third kappa shape index (κ3) is 3.22. The highest BCUT2D eigenvalue weighted by Crippen LogP contribution is 2.21. The smallest absolute Gasteiger partial charge is 0.0766 e. The molecule has 90 valence electrons. The van der Waals surface area contributed by atoms with Gasteiger partial charge in [-0.1, -0.05) is 30.1 Å². The first-order valence-electron chi connectivity index (χ1n) is 5.41. The van der Waals surface area contributed by atoms with Gasteiger partial charge in [0.25, 0.3) is 0 Å². The predicted octanol–water partition coefficient (Wildman–Crippen LogP) is 3.29. The molecule has 5 heteroatoms. The third-order valence-electron chi connectivity index (χ3n) is 2.31. The van der Waals surface area contributed by atoms with E-state index >= 15 is 0 Å². The lowest BCUT2D eigenvalue weighted by molar-refractivity contribution is 0.696. The zero-order chi connectivity index (χ0) is 12.3. The van der Waals surface area contributed by atoms with E-state index < -0.39 is 0 Å². The molecule has 0 saturated carbocycles. The van der Waals surface area contributed by atoms with E-state index in [1.54, 1.807) is 10.7 Å². The van der Waals surface area contributed by atoms with Gasteiger partial charge in [-0.25, -0.2) is 4.68 Å². The minimum absolute atomic E-state index is 0.608. The molecular weight excluding hydrogens is 257 g/mol. The lowest BCUT2D eigenvalue weighted by Crippen LogP contribution is -2.12. The summed E-state index contributed by atoms with van der Waals surface area (Å²) < 4.78 is 1.77. The van der Waals surface area contributed by atoms with Gasteiger partial charge in [0.1, 0.15) is 0 Å². The van der Waals surface area contributed by atoms with E-state index in [9.17, 15) is 0 Å². The second kappa shape index (κ2) is 5.54. The van der Waals surface area contributed by atoms with Crippen molar-refractivity contribution in [2.75, 3.05) is 6.54 Å². The fourth-order valence-corrected chi connectivity index (χ4v) is 2.04. The van der Waals surface area contributed by atoms with Crippen LogP contribution in [0, 0.1) is 0 Å². The van der Waals surface area contributed by atoms with E-state index in [1.807, 2.05) is 24.4 Å². The van der Waals surface area contributed by atoms with Crippen molar-refractivity contribution in [2.24, 2.45) is 0 Å². The van der Waals surface area contributed by atoms with Crippen LogP contribution in [0.4, 0.5) is 0 Å². The van der Waals surface area contributed by atoms with Gasteiger partial charge in [0.15, 0.2) is 0 Å². The van der Waals surface area contributed by atoms with Crippen molar-refractivity contribution in [1.82, 2.24) is 15.1 Å². The number of nitrogens with zero attached hydrogens (tertiary/aromatic N) is 2. The molecule has 1 N–H and O–H groups in total. The molecule has 0 radical (unpaired) electrons. The molecule has 17 heavy (non-hydrogen) atoms. The summed E-state index contributed by atoms with van der Waals surface area (Å²) in [6, 6.07) is 7.34. The average molecular weight is 270 g/mol. The Hall–Kier alpha value is -1.03. The van der Waals surface area contributed by atoms with Gasteiger partial charge in [-0.3, -0.25) is 0 Å². The highest BCUT2D eigenvalue weighted by atomic mass is 35.5. The van der Waals surface area contributed by atoms with Crippen molar-refractivity contribution in [3.63, 3.8) is 0 Å². The van der Waals surface area contributed by atoms with Crippen LogP contribution in [-0.2, 0) is 6.54 Å². The van der Waals surface area contributed by atoms with E-state index in [1.165, 1.54) is 0 Å². The summed E-state index contributed by atoms with van der Waals surface area (Å²) in [7, 11) is 0. The molecule has 1 aromatic carbocycles. The number of rotatable bonds is 4. The van der Waals surface area contributed by atoms with Crippen LogP contribution in [0.15, 0.2) is 30.5 Å². The van der Waals surface area contributed by atoms with Crippen molar-refractivity contribution in [3.8, 4) is 5.69 Å². The van der Waals surface area contributed by atoms with Crippen LogP contribution in [0.1, 0.15) is 12.6 Å². The highest BCUT2D eigenvalue weighted by molar-refractivity contribution is 6.34. The molecule has 0 unspecified atom stereocenters. The molecule has 1 aromatic heterocycles. The zero-order valence-corrected chi connectivity index (χ0v) is 11.0. The summed E-state index contributed by atoms with van der Waals surface area (Å²) in [4.78, 5) is 0. The quantitative estimate of drug-likeness (QED) is 0.923. The van der Waals surface area contributed by atoms with Crippen molar-refractivity contribution < 1.29 is 0 Å². The summed E-state index contributed by atoms with van der Waals surface area (Å²) in [5.41, 5.74) is 1.85. The van der Waals surface area contributed by atoms with Crippen LogP contribution in [0.5, 0.6) is 0 Å². The first kappa shape index (κ1) is 12.4. The fourth-order valence-electron chi connectivity index (χ4n) is 1.52. The number of halogens is 2. The van der Waals surface area contributed by atoms with E-state index in [-0.39, 0.29) is 0 Å². The number of hydrogen-bond donors (Lipinski definition) is 1. The molecule has 0 aliphatic heterocycles. The molecule has 0 amide bonds. The van der Waals surface area contributed by atoms with Crippen LogP contribution in [0.2, 0.25) is 10.0 Å². The molecule has 0 aliphatic carbocycles. The Morgan fingerprint density at radius 1 is 1.24 bits per heavy atom. The maximum absolute atomic E-state index is 5.95. The lowest BCUT2D eigenvalue weighted by atomic mass is 10.3. The Bertz CT molecular complexity index is 488. The molecule has 0 bridgehead atoms. The van der Waals surface area contributed by atoms with E-state index in [4.69, 9.17) is 23.2 Å². The van der Waals surface area contributed by atoms with Crippen LogP contribution in [0.25, 0.3) is 5.69 Å². The topological polar surface area (TPSA) is 29.9 Å². The number of hydrogen-bond acceptors (Lipinski definition) is 2. The number of nitrogens with one attached hydrogen (secondary N) is 1. The van der Waals surface area contributed by atoms with Crippen molar-refractivity contribution >= 4 is 23.2 Å². The van der Waals surface area contributed by atoms with Gasteiger partial charge in [-0.2, -0.15) is 5.10 Å². The lowest BCUT2D eigenvalue weighted by Gasteiger charge is -2.03. The molecule has 1 heterocycles. The third-order valence-corrected chi connectivity index (χ3v) is 2.75. The molecule has 2 rings (SSSR count). The molecule has 0 spiro atoms. The maximum Gasteiger partial charge on any atom is 0.0766 e. The Labute approximate surface area is 110 Å². The van der Waals surface area contributed by atoms with Gasteiger partial charge in [-0.05, 0) is 30.8 Å². The number of aromatic nitrogens is 2. The van der Waals surface area contributed by atoms with Crippen LogP contribution in [-0.4, -0.2) is 16.3 Å². The highest BCUT2D eigenvalue weighted by Gasteiger charge is 2.03. The normalized spacial score (nSPS) is 10.8. The van der Waals surface area contributed by atoms with Gasteiger partial charge in [-0.15, -0.1) is 0 Å². The summed E-state index contributed by atoms with van der Waals surface area (Å²) in [5.74, 6) is 0. The van der Waals surface area contributed by atoms with Gasteiger partial charge in [0, 0.05) is 22.8 Å². The van der Waals surface area contributed by atoms with E-state index in [0.29, 0.717) is 10.0 Å². The molecule has 0 fully saturated rings. The first-order valence-corrected chi connectivity index (χ1v) is 6.16. The minimum atomic E-state index is 0.608. The van der Waals surface area contributed by atoms with Crippen molar-refractivity contribution in [2.45, 2.75) is 13.5 Å². The second-order valence-electron chi connectivity index (χ2n) is 3.66. The molecule has 0 saturated heterocycles. The molecule has 0 aliphatic rings. The van der Waals surface area contributed by atoms with Gasteiger partial charge in [0.05, 0.1) is 11.4 Å². The summed E-state index contributed by atoms with van der Waals surface area (Å²) in [6.07, 6.45) is 1.90. The second-order valence-corrected chi connectivity index (χ2v) is 4.53. The monoisotopic (exact) mass is 269 g/mol. The average Bonchev–Trinajstić information content (AvgIpc) is 2.73. The standard InChI is InChI=1S/C12H13Cl2N3/c1-2-15-8-11-3-4-17(16-11)12-6-9(13)5-10(14)7-12/h3-7,15H,2,8H2,1H3. The largest absolute Gasteiger partial charge is 0.311 e. The number of benzene rings is 1. The Morgan fingerprint density at radius 2 is 1.94 bits per heavy atom. The molecular formula is C12H13Cl2N3. The Balaban J connectivity index is 2.24. The van der Waals surface area contributed by atoms with Crippen molar-refractivity contribution in [3.05, 3.63) is 46.2 Å². The zero-order valence-electron chi connectivity index (χ0n) is 9.45. The Kier molecular flexibility index (Phi) is 4.05. The minimum Gasteiger partial charge on any atom is -0.311 e. The summed E-state index contributed by atoms with van der Waals surface area (Å²) in [5, 5.41) is 8.88. The maximum atomic E-state index is 5.95. The molecule has 3 nitrogen and oxygen atoms in total. The first-order chi connectivity index (χ1) is 8.19. The SMILES string of the molecule is CCNCc1ccn(-c2cc(Cl)cc(Cl)c2)n1. The van der Waals surface area contributed by atoms with Gasteiger partial charge in [0.2, 0.25) is 0 Å². The van der Waals surface area contributed by atoms with Crippen molar-refractivity contribution in [1.29, 1.82) is 0 Å². The molecule has 0 atom stereocenters. The van der Waals surface area contributed by atoms with Gasteiger partial charge >= 0.3 is 0 Å². The van der Waals surface area contributed by atoms with E-state index in [2.05, 4.69) is 17.3 Å². The predicted molar refractivity (Wildman–Crippen MR) is 71.0 cm³/mol. The van der Waals surface area contributed by atoms with E-state index in [0.717, 1.165) is 24.5 Å². The summed E-state index contributed by atoms with van der Waals surface area (Å²) in [6.45, 7) is 3.75. The van der Waals surface area contributed by atoms with Gasteiger partial charge < -0.3 is 5.32 Å².